The van der Waals surface area contributed by atoms with Gasteiger partial charge in [-0.3, -0.25) is 4.79 Å². The third-order valence-corrected chi connectivity index (χ3v) is 6.00. The van der Waals surface area contributed by atoms with Gasteiger partial charge in [0, 0.05) is 7.05 Å². The van der Waals surface area contributed by atoms with E-state index in [1.165, 1.54) is 11.8 Å². The van der Waals surface area contributed by atoms with E-state index in [1.54, 1.807) is 29.9 Å². The van der Waals surface area contributed by atoms with Gasteiger partial charge in [-0.05, 0) is 31.2 Å². The van der Waals surface area contributed by atoms with E-state index in [1.807, 2.05) is 38.2 Å². The smallest absolute Gasteiger partial charge is 0.234 e. The summed E-state index contributed by atoms with van der Waals surface area (Å²) in [6.45, 7) is 1.87. The second kappa shape index (κ2) is 10.1. The van der Waals surface area contributed by atoms with Crippen LogP contribution < -0.4 is 14.8 Å². The molecule has 1 aromatic heterocycles. The van der Waals surface area contributed by atoms with Crippen LogP contribution in [0.2, 0.25) is 10.0 Å². The molecule has 30 heavy (non-hydrogen) atoms. The van der Waals surface area contributed by atoms with E-state index in [0.29, 0.717) is 38.2 Å². The van der Waals surface area contributed by atoms with E-state index in [-0.39, 0.29) is 17.8 Å². The fourth-order valence-electron chi connectivity index (χ4n) is 2.68. The van der Waals surface area contributed by atoms with Gasteiger partial charge in [-0.2, -0.15) is 0 Å². The Morgan fingerprint density at radius 2 is 1.90 bits per heavy atom. The van der Waals surface area contributed by atoms with E-state index >= 15 is 0 Å². The number of rotatable bonds is 8. The second-order valence-corrected chi connectivity index (χ2v) is 7.98. The molecule has 7 nitrogen and oxygen atoms in total. The zero-order valence-corrected chi connectivity index (χ0v) is 18.9. The van der Waals surface area contributed by atoms with Crippen LogP contribution in [0.3, 0.4) is 0 Å². The quantitative estimate of drug-likeness (QED) is 0.470. The number of para-hydroxylation sites is 2. The Morgan fingerprint density at radius 3 is 2.63 bits per heavy atom. The van der Waals surface area contributed by atoms with Crippen molar-refractivity contribution in [3.05, 3.63) is 58.3 Å². The Morgan fingerprint density at radius 1 is 1.17 bits per heavy atom. The molecule has 0 aliphatic carbocycles. The van der Waals surface area contributed by atoms with Crippen molar-refractivity contribution in [3.63, 3.8) is 0 Å². The molecular weight excluding hydrogens is 447 g/mol. The summed E-state index contributed by atoms with van der Waals surface area (Å²) in [5.41, 5.74) is 0.465. The maximum absolute atomic E-state index is 12.3. The molecule has 0 aliphatic rings. The fourth-order valence-corrected chi connectivity index (χ4v) is 3.75. The van der Waals surface area contributed by atoms with E-state index in [4.69, 9.17) is 32.7 Å². The lowest BCUT2D eigenvalue weighted by atomic mass is 10.3. The van der Waals surface area contributed by atoms with Crippen LogP contribution in [0.1, 0.15) is 18.9 Å². The summed E-state index contributed by atoms with van der Waals surface area (Å²) in [4.78, 5) is 12.3. The van der Waals surface area contributed by atoms with Crippen molar-refractivity contribution >= 4 is 46.6 Å². The highest BCUT2D eigenvalue weighted by Crippen LogP contribution is 2.31. The van der Waals surface area contributed by atoms with Crippen molar-refractivity contribution in [1.29, 1.82) is 0 Å². The monoisotopic (exact) mass is 466 g/mol. The van der Waals surface area contributed by atoms with Crippen molar-refractivity contribution in [3.8, 4) is 11.5 Å². The molecule has 3 aromatic rings. The molecule has 10 heteroatoms. The molecule has 3 rings (SSSR count). The molecule has 0 saturated carbocycles. The first-order valence-electron chi connectivity index (χ1n) is 8.96. The summed E-state index contributed by atoms with van der Waals surface area (Å²) in [7, 11) is 3.41. The number of thioether (sulfide) groups is 1. The molecule has 0 saturated heterocycles. The maximum Gasteiger partial charge on any atom is 0.234 e. The number of ether oxygens (including phenoxy) is 2. The van der Waals surface area contributed by atoms with Crippen LogP contribution in [0.5, 0.6) is 11.5 Å². The predicted octanol–water partition coefficient (Wildman–Crippen LogP) is 5.00. The van der Waals surface area contributed by atoms with Gasteiger partial charge < -0.3 is 19.4 Å². The highest BCUT2D eigenvalue weighted by atomic mass is 35.5. The van der Waals surface area contributed by atoms with Gasteiger partial charge in [0.05, 0.1) is 28.6 Å². The van der Waals surface area contributed by atoms with Crippen molar-refractivity contribution in [2.75, 3.05) is 18.2 Å². The van der Waals surface area contributed by atoms with Gasteiger partial charge in [-0.15, -0.1) is 10.2 Å². The Kier molecular flexibility index (Phi) is 7.47. The third-order valence-electron chi connectivity index (χ3n) is 4.16. The molecule has 1 atom stereocenters. The molecular formula is C20H20Cl2N4O3S. The van der Waals surface area contributed by atoms with Crippen molar-refractivity contribution in [2.45, 2.75) is 18.2 Å². The predicted molar refractivity (Wildman–Crippen MR) is 119 cm³/mol. The summed E-state index contributed by atoms with van der Waals surface area (Å²) in [5.74, 6) is 1.78. The zero-order chi connectivity index (χ0) is 21.7. The molecule has 158 valence electrons. The zero-order valence-electron chi connectivity index (χ0n) is 16.6. The topological polar surface area (TPSA) is 78.3 Å². The van der Waals surface area contributed by atoms with Crippen molar-refractivity contribution in [1.82, 2.24) is 14.8 Å². The van der Waals surface area contributed by atoms with Crippen molar-refractivity contribution in [2.24, 2.45) is 7.05 Å². The highest BCUT2D eigenvalue weighted by Gasteiger charge is 2.19. The van der Waals surface area contributed by atoms with Gasteiger partial charge in [-0.1, -0.05) is 53.2 Å². The first-order valence-corrected chi connectivity index (χ1v) is 10.7. The number of amides is 1. The lowest BCUT2D eigenvalue weighted by Crippen LogP contribution is -2.15. The van der Waals surface area contributed by atoms with Crippen LogP contribution in [0.4, 0.5) is 5.69 Å². The number of methoxy groups -OCH3 is 1. The first-order chi connectivity index (χ1) is 14.4. The number of halogens is 2. The number of nitrogens with one attached hydrogen (secondary N) is 1. The van der Waals surface area contributed by atoms with Gasteiger partial charge >= 0.3 is 0 Å². The summed E-state index contributed by atoms with van der Waals surface area (Å²) in [5, 5.41) is 12.4. The molecule has 2 aromatic carbocycles. The molecule has 0 aliphatic heterocycles. The largest absolute Gasteiger partial charge is 0.493 e. The summed E-state index contributed by atoms with van der Waals surface area (Å²) < 4.78 is 13.1. The van der Waals surface area contributed by atoms with Gasteiger partial charge in [0.1, 0.15) is 0 Å². The molecule has 1 N–H and O–H groups in total. The number of anilines is 1. The number of carbonyl (C=O) groups excluding carboxylic acids is 1. The Bertz CT molecular complexity index is 1040. The molecule has 1 heterocycles. The standard InChI is InChI=1S/C20H20Cl2N4O3S/c1-12(29-16-10-5-4-9-15(16)28-3)19-24-25-20(26(19)2)30-11-17(27)23-14-8-6-7-13(21)18(14)22/h4-10,12H,11H2,1-3H3,(H,23,27). The normalized spacial score (nSPS) is 11.8. The SMILES string of the molecule is COc1ccccc1OC(C)c1nnc(SCC(=O)Nc2cccc(Cl)c2Cl)n1C. The van der Waals surface area contributed by atoms with E-state index in [0.717, 1.165) is 0 Å². The minimum atomic E-state index is -0.368. The number of carbonyl (C=O) groups is 1. The van der Waals surface area contributed by atoms with Gasteiger partial charge in [0.25, 0.3) is 0 Å². The second-order valence-electron chi connectivity index (χ2n) is 6.25. The minimum Gasteiger partial charge on any atom is -0.493 e. The van der Waals surface area contributed by atoms with Crippen LogP contribution in [0.15, 0.2) is 47.6 Å². The van der Waals surface area contributed by atoms with Crippen LogP contribution in [0, 0.1) is 0 Å². The Hall–Kier alpha value is -2.42. The molecule has 1 unspecified atom stereocenters. The first kappa shape index (κ1) is 22.3. The Balaban J connectivity index is 1.62. The van der Waals surface area contributed by atoms with Crippen LogP contribution in [-0.4, -0.2) is 33.5 Å². The molecule has 1 amide bonds. The average molecular weight is 467 g/mol. The number of benzene rings is 2. The number of nitrogens with zero attached hydrogens (tertiary/aromatic N) is 3. The maximum atomic E-state index is 12.3. The number of hydrogen-bond acceptors (Lipinski definition) is 6. The van der Waals surface area contributed by atoms with Crippen LogP contribution in [0.25, 0.3) is 0 Å². The van der Waals surface area contributed by atoms with Gasteiger partial charge in [0.15, 0.2) is 28.6 Å². The number of aromatic nitrogens is 3. The molecule has 0 fully saturated rings. The van der Waals surface area contributed by atoms with E-state index < -0.39 is 0 Å². The minimum absolute atomic E-state index is 0.135. The van der Waals surface area contributed by atoms with E-state index in [2.05, 4.69) is 15.5 Å². The lowest BCUT2D eigenvalue weighted by Gasteiger charge is -2.16. The fraction of sp³-hybridized carbons (Fsp3) is 0.250. The molecule has 0 bridgehead atoms. The van der Waals surface area contributed by atoms with Crippen LogP contribution >= 0.6 is 35.0 Å². The third kappa shape index (κ3) is 5.19. The highest BCUT2D eigenvalue weighted by molar-refractivity contribution is 7.99. The van der Waals surface area contributed by atoms with Crippen LogP contribution in [-0.2, 0) is 11.8 Å². The van der Waals surface area contributed by atoms with Crippen molar-refractivity contribution < 1.29 is 14.3 Å². The molecule has 0 radical (unpaired) electrons. The lowest BCUT2D eigenvalue weighted by molar-refractivity contribution is -0.113. The number of hydrogen-bond donors (Lipinski definition) is 1. The summed E-state index contributed by atoms with van der Waals surface area (Å²) >= 11 is 13.3. The van der Waals surface area contributed by atoms with E-state index in [9.17, 15) is 4.79 Å². The van der Waals surface area contributed by atoms with Gasteiger partial charge in [0.2, 0.25) is 5.91 Å². The Labute approximate surface area is 188 Å². The van der Waals surface area contributed by atoms with Gasteiger partial charge in [-0.25, -0.2) is 0 Å². The molecule has 0 spiro atoms. The summed E-state index contributed by atoms with van der Waals surface area (Å²) in [6, 6.07) is 12.5. The summed E-state index contributed by atoms with van der Waals surface area (Å²) in [6.07, 6.45) is -0.368. The average Bonchev–Trinajstić information content (AvgIpc) is 3.11.